The van der Waals surface area contributed by atoms with E-state index in [1.807, 2.05) is 13.8 Å². The molecule has 2 aromatic rings. The SMILES string of the molecule is C.CC(C)OCCCNc1ccc(S(=O)(=O)C2(C(=O)NO)CCOCC2)cc1.CCCCOCCCNc1ccc(S(=O)(=O)C2(C(=O)NO)CCOCC2)cc1. The van der Waals surface area contributed by atoms with Gasteiger partial charge >= 0.3 is 0 Å². The first-order valence-corrected chi connectivity index (χ1v) is 21.7. The molecular formula is C38H62N4O12S2. The summed E-state index contributed by atoms with van der Waals surface area (Å²) < 4.78 is 70.5. The van der Waals surface area contributed by atoms with Crippen LogP contribution >= 0.6 is 0 Å². The van der Waals surface area contributed by atoms with Crippen molar-refractivity contribution in [3.63, 3.8) is 0 Å². The number of carbonyl (C=O) groups is 2. The smallest absolute Gasteiger partial charge is 0.265 e. The Morgan fingerprint density at radius 2 is 1.05 bits per heavy atom. The third-order valence-corrected chi connectivity index (χ3v) is 14.6. The quantitative estimate of drug-likeness (QED) is 0.0614. The Balaban J connectivity index is 0.000000380. The second-order valence-electron chi connectivity index (χ2n) is 13.6. The van der Waals surface area contributed by atoms with Crippen molar-refractivity contribution in [3.05, 3.63) is 48.5 Å². The summed E-state index contributed by atoms with van der Waals surface area (Å²) >= 11 is 0. The number of ether oxygens (including phenoxy) is 4. The number of anilines is 2. The summed E-state index contributed by atoms with van der Waals surface area (Å²) in [6.45, 7) is 10.2. The van der Waals surface area contributed by atoms with Crippen molar-refractivity contribution in [1.29, 1.82) is 0 Å². The zero-order valence-corrected chi connectivity index (χ0v) is 33.6. The van der Waals surface area contributed by atoms with Crippen LogP contribution in [-0.2, 0) is 48.2 Å². The Bertz CT molecular complexity index is 1680. The van der Waals surface area contributed by atoms with E-state index in [2.05, 4.69) is 17.6 Å². The fraction of sp³-hybridized carbons (Fsp3) is 0.632. The Morgan fingerprint density at radius 3 is 1.41 bits per heavy atom. The molecule has 2 aliphatic heterocycles. The van der Waals surface area contributed by atoms with E-state index >= 15 is 0 Å². The molecule has 0 aromatic heterocycles. The molecule has 0 saturated carbocycles. The summed E-state index contributed by atoms with van der Waals surface area (Å²) in [7, 11) is -7.98. The molecular weight excluding hydrogens is 769 g/mol. The van der Waals surface area contributed by atoms with E-state index in [0.717, 1.165) is 43.7 Å². The lowest BCUT2D eigenvalue weighted by Crippen LogP contribution is -2.54. The van der Waals surface area contributed by atoms with Crippen LogP contribution in [0.1, 0.15) is 79.6 Å². The van der Waals surface area contributed by atoms with Gasteiger partial charge in [0.15, 0.2) is 29.2 Å². The highest BCUT2D eigenvalue weighted by Crippen LogP contribution is 2.37. The molecule has 2 aromatic carbocycles. The first-order chi connectivity index (χ1) is 26.3. The van der Waals surface area contributed by atoms with Gasteiger partial charge in [-0.05, 0) is 107 Å². The van der Waals surface area contributed by atoms with Crippen LogP contribution in [0.4, 0.5) is 11.4 Å². The average molecular weight is 831 g/mol. The van der Waals surface area contributed by atoms with Crippen LogP contribution in [0.15, 0.2) is 58.3 Å². The van der Waals surface area contributed by atoms with Gasteiger partial charge in [-0.1, -0.05) is 20.8 Å². The number of hydrogen-bond acceptors (Lipinski definition) is 14. The summed E-state index contributed by atoms with van der Waals surface area (Å²) in [6, 6.07) is 12.6. The minimum absolute atomic E-state index is 0. The van der Waals surface area contributed by atoms with Crippen molar-refractivity contribution in [2.24, 2.45) is 0 Å². The van der Waals surface area contributed by atoms with Crippen LogP contribution in [0.3, 0.4) is 0 Å². The summed E-state index contributed by atoms with van der Waals surface area (Å²) in [5.74, 6) is -1.83. The highest BCUT2D eigenvalue weighted by atomic mass is 32.2. The number of unbranched alkanes of at least 4 members (excludes halogenated alkanes) is 1. The molecule has 318 valence electrons. The van der Waals surface area contributed by atoms with Crippen LogP contribution in [0.2, 0.25) is 0 Å². The van der Waals surface area contributed by atoms with Gasteiger partial charge in [-0.2, -0.15) is 0 Å². The van der Waals surface area contributed by atoms with Crippen molar-refractivity contribution in [3.8, 4) is 0 Å². The van der Waals surface area contributed by atoms with E-state index in [9.17, 15) is 26.4 Å². The molecule has 16 nitrogen and oxygen atoms in total. The number of benzene rings is 2. The third-order valence-electron chi connectivity index (χ3n) is 9.53. The highest BCUT2D eigenvalue weighted by molar-refractivity contribution is 7.94. The molecule has 0 bridgehead atoms. The van der Waals surface area contributed by atoms with Crippen molar-refractivity contribution in [2.75, 3.05) is 70.0 Å². The van der Waals surface area contributed by atoms with E-state index in [1.54, 1.807) is 24.3 Å². The van der Waals surface area contributed by atoms with Gasteiger partial charge in [0.25, 0.3) is 11.8 Å². The molecule has 0 aliphatic carbocycles. The predicted molar refractivity (Wildman–Crippen MR) is 212 cm³/mol. The highest BCUT2D eigenvalue weighted by Gasteiger charge is 2.53. The Labute approximate surface area is 332 Å². The second kappa shape index (κ2) is 23.8. The Morgan fingerprint density at radius 1 is 0.679 bits per heavy atom. The Hall–Kier alpha value is -3.36. The number of nitrogens with one attached hydrogen (secondary N) is 4. The minimum atomic E-state index is -3.99. The summed E-state index contributed by atoms with van der Waals surface area (Å²) in [4.78, 5) is 24.5. The van der Waals surface area contributed by atoms with Crippen LogP contribution in [0, 0.1) is 0 Å². The van der Waals surface area contributed by atoms with Crippen LogP contribution in [-0.4, -0.2) is 114 Å². The van der Waals surface area contributed by atoms with Gasteiger partial charge in [0.2, 0.25) is 0 Å². The second-order valence-corrected chi connectivity index (χ2v) is 18.1. The first-order valence-electron chi connectivity index (χ1n) is 18.7. The van der Waals surface area contributed by atoms with Crippen molar-refractivity contribution in [2.45, 2.75) is 105 Å². The molecule has 0 unspecified atom stereocenters. The summed E-state index contributed by atoms with van der Waals surface area (Å²) in [6.07, 6.45) is 4.05. The molecule has 2 saturated heterocycles. The van der Waals surface area contributed by atoms with E-state index in [-0.39, 0.29) is 75.4 Å². The van der Waals surface area contributed by atoms with Gasteiger partial charge in [0.1, 0.15) is 0 Å². The largest absolute Gasteiger partial charge is 0.385 e. The van der Waals surface area contributed by atoms with Crippen LogP contribution in [0.25, 0.3) is 0 Å². The van der Waals surface area contributed by atoms with Crippen LogP contribution in [0.5, 0.6) is 0 Å². The van der Waals surface area contributed by atoms with Gasteiger partial charge in [-0.15, -0.1) is 0 Å². The lowest BCUT2D eigenvalue weighted by atomic mass is 9.98. The number of sulfone groups is 2. The monoisotopic (exact) mass is 830 g/mol. The molecule has 2 aliphatic rings. The summed E-state index contributed by atoms with van der Waals surface area (Å²) in [5.41, 5.74) is 4.61. The topological polar surface area (TPSA) is 228 Å². The normalized spacial score (nSPS) is 16.4. The number of rotatable bonds is 20. The molecule has 0 atom stereocenters. The van der Waals surface area contributed by atoms with Crippen molar-refractivity contribution in [1.82, 2.24) is 11.0 Å². The van der Waals surface area contributed by atoms with Gasteiger partial charge < -0.3 is 29.6 Å². The third kappa shape index (κ3) is 12.6. The summed E-state index contributed by atoms with van der Waals surface area (Å²) in [5, 5.41) is 24.6. The number of hydrogen-bond donors (Lipinski definition) is 6. The molecule has 6 N–H and O–H groups in total. The van der Waals surface area contributed by atoms with Crippen molar-refractivity contribution >= 4 is 42.9 Å². The number of carbonyl (C=O) groups excluding carboxylic acids is 2. The zero-order valence-electron chi connectivity index (χ0n) is 32.0. The van der Waals surface area contributed by atoms with Crippen molar-refractivity contribution < 1.29 is 55.8 Å². The maximum Gasteiger partial charge on any atom is 0.265 e. The van der Waals surface area contributed by atoms with Gasteiger partial charge in [0.05, 0.1) is 15.9 Å². The minimum Gasteiger partial charge on any atom is -0.385 e. The van der Waals surface area contributed by atoms with Crippen LogP contribution < -0.4 is 21.6 Å². The zero-order chi connectivity index (χ0) is 40.4. The molecule has 0 radical (unpaired) electrons. The Kier molecular flexibility index (Phi) is 20.7. The fourth-order valence-corrected chi connectivity index (χ4v) is 10.1. The molecule has 18 heteroatoms. The molecule has 2 fully saturated rings. The standard InChI is InChI=1S/C19H30N2O6S.C18H28N2O6S.CH4/c1-2-3-12-26-13-4-11-20-16-5-7-17(8-6-16)28(24,25)19(18(22)21-23)9-14-27-15-10-19;1-14(2)26-11-3-10-19-15-4-6-16(7-5-15)27(23,24)18(17(21)20-22)8-12-25-13-9-18;/h5-8,20,23H,2-4,9-15H2,1H3,(H,21,22);4-7,14,19,22H,3,8-13H2,1-2H3,(H,20,21);1H4. The lowest BCUT2D eigenvalue weighted by molar-refractivity contribution is -0.135. The molecule has 56 heavy (non-hydrogen) atoms. The maximum absolute atomic E-state index is 13.1. The molecule has 4 rings (SSSR count). The fourth-order valence-electron chi connectivity index (χ4n) is 6.18. The average Bonchev–Trinajstić information content (AvgIpc) is 3.20. The molecule has 2 heterocycles. The predicted octanol–water partition coefficient (Wildman–Crippen LogP) is 4.51. The van der Waals surface area contributed by atoms with Gasteiger partial charge in [-0.25, -0.2) is 27.8 Å². The van der Waals surface area contributed by atoms with Gasteiger partial charge in [-0.3, -0.25) is 20.0 Å². The maximum atomic E-state index is 13.1. The first kappa shape index (κ1) is 48.8. The van der Waals surface area contributed by atoms with E-state index in [1.165, 1.54) is 35.2 Å². The van der Waals surface area contributed by atoms with E-state index in [0.29, 0.717) is 26.3 Å². The number of hydroxylamine groups is 2. The lowest BCUT2D eigenvalue weighted by Gasteiger charge is -2.34. The molecule has 2 amide bonds. The van der Waals surface area contributed by atoms with Gasteiger partial charge in [0, 0.05) is 70.7 Å². The molecule has 0 spiro atoms. The van der Waals surface area contributed by atoms with E-state index in [4.69, 9.17) is 29.4 Å². The number of amides is 2. The van der Waals surface area contributed by atoms with E-state index < -0.39 is 41.0 Å².